The second-order valence-corrected chi connectivity index (χ2v) is 9.39. The van der Waals surface area contributed by atoms with Gasteiger partial charge in [0, 0.05) is 36.7 Å². The molecule has 0 amide bonds. The molecule has 1 aromatic carbocycles. The van der Waals surface area contributed by atoms with Gasteiger partial charge in [-0.05, 0) is 12.1 Å². The maximum absolute atomic E-state index is 13.6. The van der Waals surface area contributed by atoms with E-state index in [4.69, 9.17) is 0 Å². The first kappa shape index (κ1) is 16.3. The molecule has 0 unspecified atom stereocenters. The van der Waals surface area contributed by atoms with Crippen LogP contribution in [0, 0.1) is 11.6 Å². The van der Waals surface area contributed by atoms with Gasteiger partial charge in [0.15, 0.2) is 0 Å². The zero-order chi connectivity index (χ0) is 15.7. The van der Waals surface area contributed by atoms with Crippen LogP contribution < -0.4 is 0 Å². The molecule has 1 heterocycles. The monoisotopic (exact) mass is 338 g/mol. The van der Waals surface area contributed by atoms with Crippen molar-refractivity contribution in [2.24, 2.45) is 3.77 Å². The first-order valence-corrected chi connectivity index (χ1v) is 9.98. The zero-order valence-corrected chi connectivity index (χ0v) is 13.1. The average Bonchev–Trinajstić information content (AvgIpc) is 2.34. The Morgan fingerprint density at radius 2 is 1.76 bits per heavy atom. The molecule has 0 aromatic heterocycles. The van der Waals surface area contributed by atoms with E-state index in [1.165, 1.54) is 18.2 Å². The lowest BCUT2D eigenvalue weighted by molar-refractivity contribution is 0.281. The minimum atomic E-state index is -3.66. The topological polar surface area (TPSA) is 66.8 Å². The summed E-state index contributed by atoms with van der Waals surface area (Å²) >= 11 is 0. The number of halogens is 2. The molecule has 0 aliphatic carbocycles. The van der Waals surface area contributed by atoms with E-state index in [0.717, 1.165) is 6.26 Å². The molecule has 2 rings (SSSR count). The third-order valence-corrected chi connectivity index (χ3v) is 6.98. The number of hydrogen-bond donors (Lipinski definition) is 0. The van der Waals surface area contributed by atoms with Crippen LogP contribution in [0.2, 0.25) is 0 Å². The summed E-state index contributed by atoms with van der Waals surface area (Å²) in [5.41, 5.74) is -0.0362. The molecule has 9 heteroatoms. The summed E-state index contributed by atoms with van der Waals surface area (Å²) < 4.78 is 65.0. The third kappa shape index (κ3) is 4.45. The van der Waals surface area contributed by atoms with Gasteiger partial charge in [-0.1, -0.05) is 6.07 Å². The molecule has 0 spiro atoms. The van der Waals surface area contributed by atoms with Gasteiger partial charge in [0.25, 0.3) is 10.0 Å². The highest BCUT2D eigenvalue weighted by atomic mass is 32.3. The van der Waals surface area contributed by atoms with E-state index in [9.17, 15) is 21.4 Å². The maximum atomic E-state index is 13.6. The largest absolute Gasteiger partial charge is 0.297 e. The van der Waals surface area contributed by atoms with Crippen molar-refractivity contribution < 1.29 is 21.4 Å². The molecule has 0 atom stereocenters. The van der Waals surface area contributed by atoms with Crippen molar-refractivity contribution in [3.63, 3.8) is 0 Å². The van der Waals surface area contributed by atoms with E-state index in [1.807, 2.05) is 0 Å². The lowest BCUT2D eigenvalue weighted by atomic mass is 10.2. The summed E-state index contributed by atoms with van der Waals surface area (Å²) in [6, 6.07) is 3.66. The molecule has 1 aliphatic heterocycles. The number of benzene rings is 1. The van der Waals surface area contributed by atoms with Gasteiger partial charge in [-0.25, -0.2) is 21.4 Å². The first-order chi connectivity index (χ1) is 9.69. The summed E-state index contributed by atoms with van der Waals surface area (Å²) in [4.78, 5) is 1.74. The summed E-state index contributed by atoms with van der Waals surface area (Å²) in [5.74, 6) is -1.09. The number of hydrogen-bond acceptors (Lipinski definition) is 4. The highest BCUT2D eigenvalue weighted by Gasteiger charge is 2.23. The molecule has 0 saturated carbocycles. The van der Waals surface area contributed by atoms with Gasteiger partial charge in [0.05, 0.1) is 16.0 Å². The van der Waals surface area contributed by atoms with Crippen molar-refractivity contribution in [3.8, 4) is 0 Å². The highest BCUT2D eigenvalue weighted by molar-refractivity contribution is 8.03. The minimum Gasteiger partial charge on any atom is -0.297 e. The van der Waals surface area contributed by atoms with Crippen LogP contribution in [0.3, 0.4) is 0 Å². The fourth-order valence-electron chi connectivity index (χ4n) is 2.14. The molecule has 0 radical (unpaired) electrons. The Labute approximate surface area is 123 Å². The summed E-state index contributed by atoms with van der Waals surface area (Å²) in [7, 11) is -6.45. The van der Waals surface area contributed by atoms with Crippen molar-refractivity contribution in [1.29, 1.82) is 0 Å². The molecular weight excluding hydrogens is 322 g/mol. The molecule has 0 N–H and O–H groups in total. The van der Waals surface area contributed by atoms with Gasteiger partial charge >= 0.3 is 0 Å². The van der Waals surface area contributed by atoms with Crippen molar-refractivity contribution >= 4 is 19.8 Å². The Hall–Kier alpha value is -1.06. The Bertz CT molecular complexity index is 722. The van der Waals surface area contributed by atoms with Crippen LogP contribution in [0.25, 0.3) is 0 Å². The average molecular weight is 338 g/mol. The highest BCUT2D eigenvalue weighted by Crippen LogP contribution is 2.17. The van der Waals surface area contributed by atoms with Crippen LogP contribution in [-0.4, -0.2) is 48.4 Å². The van der Waals surface area contributed by atoms with Crippen LogP contribution in [0.4, 0.5) is 8.78 Å². The molecule has 5 nitrogen and oxygen atoms in total. The lowest BCUT2D eigenvalue weighted by Gasteiger charge is -2.28. The van der Waals surface area contributed by atoms with Crippen molar-refractivity contribution in [2.45, 2.75) is 6.54 Å². The van der Waals surface area contributed by atoms with E-state index in [1.54, 1.807) is 4.90 Å². The van der Waals surface area contributed by atoms with E-state index in [-0.39, 0.29) is 36.7 Å². The van der Waals surface area contributed by atoms with Crippen LogP contribution in [-0.2, 0) is 26.3 Å². The molecule has 0 bridgehead atoms. The molecule has 1 fully saturated rings. The van der Waals surface area contributed by atoms with E-state index < -0.39 is 31.4 Å². The van der Waals surface area contributed by atoms with E-state index in [0.29, 0.717) is 0 Å². The summed E-state index contributed by atoms with van der Waals surface area (Å²) in [5, 5.41) is 0. The second-order valence-electron chi connectivity index (χ2n) is 4.96. The molecule has 1 aliphatic rings. The van der Waals surface area contributed by atoms with Crippen molar-refractivity contribution in [3.05, 3.63) is 35.4 Å². The smallest absolute Gasteiger partial charge is 0.257 e. The minimum absolute atomic E-state index is 0.0362. The fraction of sp³-hybridized carbons (Fsp3) is 0.500. The number of rotatable bonds is 3. The lowest BCUT2D eigenvalue weighted by Crippen LogP contribution is -2.40. The van der Waals surface area contributed by atoms with Gasteiger partial charge in [-0.15, -0.1) is 3.77 Å². The van der Waals surface area contributed by atoms with Crippen molar-refractivity contribution in [1.82, 2.24) is 4.90 Å². The number of nitrogens with zero attached hydrogens (tertiary/aromatic N) is 2. The van der Waals surface area contributed by atoms with Crippen molar-refractivity contribution in [2.75, 3.05) is 30.9 Å². The third-order valence-electron chi connectivity index (χ3n) is 3.17. The molecule has 21 heavy (non-hydrogen) atoms. The quantitative estimate of drug-likeness (QED) is 0.831. The van der Waals surface area contributed by atoms with Crippen LogP contribution in [0.5, 0.6) is 0 Å². The maximum Gasteiger partial charge on any atom is 0.257 e. The van der Waals surface area contributed by atoms with Gasteiger partial charge in [0.2, 0.25) is 0 Å². The predicted octanol–water partition coefficient (Wildman–Crippen LogP) is 1.21. The van der Waals surface area contributed by atoms with Gasteiger partial charge in [-0.3, -0.25) is 4.90 Å². The second kappa shape index (κ2) is 5.98. The van der Waals surface area contributed by atoms with Gasteiger partial charge in [-0.2, -0.15) is 0 Å². The molecule has 1 saturated heterocycles. The summed E-state index contributed by atoms with van der Waals surface area (Å²) in [6.45, 7) is 0.629. The number of sulfonamides is 1. The van der Waals surface area contributed by atoms with Gasteiger partial charge < -0.3 is 0 Å². The van der Waals surface area contributed by atoms with Crippen LogP contribution >= 0.6 is 0 Å². The Morgan fingerprint density at radius 3 is 2.24 bits per heavy atom. The molecule has 118 valence electrons. The fourth-order valence-corrected chi connectivity index (χ4v) is 6.01. The predicted molar refractivity (Wildman–Crippen MR) is 76.8 cm³/mol. The molecular formula is C12H16F2N2O3S2. The first-order valence-electron chi connectivity index (χ1n) is 6.27. The Morgan fingerprint density at radius 1 is 1.24 bits per heavy atom. The zero-order valence-electron chi connectivity index (χ0n) is 11.5. The SMILES string of the molecule is CS(=O)(=O)N=S1(=O)CCN(Cc2c(F)cccc2F)CC1. The van der Waals surface area contributed by atoms with E-state index in [2.05, 4.69) is 3.77 Å². The summed E-state index contributed by atoms with van der Waals surface area (Å²) in [6.07, 6.45) is 0.904. The van der Waals surface area contributed by atoms with Crippen LogP contribution in [0.15, 0.2) is 22.0 Å². The Kier molecular flexibility index (Phi) is 4.64. The molecule has 1 aromatic rings. The normalized spacial score (nSPS) is 19.4. The van der Waals surface area contributed by atoms with Crippen LogP contribution in [0.1, 0.15) is 5.56 Å². The Balaban J connectivity index is 2.09. The van der Waals surface area contributed by atoms with E-state index >= 15 is 0 Å². The van der Waals surface area contributed by atoms with Gasteiger partial charge in [0.1, 0.15) is 11.6 Å². The standard InChI is InChI=1S/C12H16F2N2O3S2/c1-20(17,18)15-21(19)7-5-16(6-8-21)9-10-11(13)3-2-4-12(10)14/h2-4H,5-9H2,1H3.